The zero-order valence-corrected chi connectivity index (χ0v) is 22.1. The fraction of sp³-hybridized carbons (Fsp3) is 0.654. The molecule has 0 bridgehead atoms. The van der Waals surface area contributed by atoms with E-state index in [1.807, 2.05) is 19.9 Å². The third-order valence-corrected chi connectivity index (χ3v) is 6.96. The molecule has 2 amide bonds. The molecule has 4 N–H and O–H groups in total. The van der Waals surface area contributed by atoms with Crippen LogP contribution in [0, 0.1) is 11.8 Å². The van der Waals surface area contributed by atoms with Crippen LogP contribution in [-0.2, 0) is 32.0 Å². The lowest BCUT2D eigenvalue weighted by molar-refractivity contribution is -0.135. The quantitative estimate of drug-likeness (QED) is 0.265. The topological polar surface area (TPSA) is 156 Å². The van der Waals surface area contributed by atoms with Crippen LogP contribution in [0.2, 0.25) is 0 Å². The van der Waals surface area contributed by atoms with E-state index in [4.69, 9.17) is 18.9 Å². The molecule has 4 atom stereocenters. The van der Waals surface area contributed by atoms with Crippen molar-refractivity contribution in [2.75, 3.05) is 41.2 Å². The molecule has 0 saturated carbocycles. The van der Waals surface area contributed by atoms with Crippen LogP contribution in [-0.4, -0.2) is 86.6 Å². The molecule has 2 aliphatic rings. The van der Waals surface area contributed by atoms with E-state index in [1.165, 1.54) is 14.2 Å². The summed E-state index contributed by atoms with van der Waals surface area (Å²) in [6.45, 7) is 2.78. The molecule has 37 heavy (non-hydrogen) atoms. The number of amides is 2. The van der Waals surface area contributed by atoms with Crippen LogP contribution in [0.1, 0.15) is 37.8 Å². The Labute approximate surface area is 216 Å². The molecule has 1 aliphatic carbocycles. The maximum absolute atomic E-state index is 13.2. The number of ether oxygens (including phenoxy) is 4. The summed E-state index contributed by atoms with van der Waals surface area (Å²) in [6.07, 6.45) is 1.80. The Morgan fingerprint density at radius 3 is 2.27 bits per heavy atom. The number of aliphatic hydroxyl groups is 2. The van der Waals surface area contributed by atoms with Gasteiger partial charge in [0, 0.05) is 11.5 Å². The van der Waals surface area contributed by atoms with Crippen molar-refractivity contribution in [3.8, 4) is 17.2 Å². The summed E-state index contributed by atoms with van der Waals surface area (Å²) in [5, 5.41) is 24.7. The smallest absolute Gasteiger partial charge is 0.245 e. The van der Waals surface area contributed by atoms with Crippen molar-refractivity contribution in [1.29, 1.82) is 0 Å². The Morgan fingerprint density at radius 1 is 1.08 bits per heavy atom. The molecule has 1 saturated heterocycles. The van der Waals surface area contributed by atoms with E-state index >= 15 is 0 Å². The monoisotopic (exact) mass is 522 g/mol. The van der Waals surface area contributed by atoms with E-state index in [0.29, 0.717) is 42.9 Å². The van der Waals surface area contributed by atoms with Gasteiger partial charge in [0.05, 0.1) is 47.2 Å². The molecular formula is C26H38N2O9. The van der Waals surface area contributed by atoms with Crippen molar-refractivity contribution in [2.45, 2.75) is 57.2 Å². The lowest BCUT2D eigenvalue weighted by Gasteiger charge is -2.29. The molecule has 1 aliphatic heterocycles. The summed E-state index contributed by atoms with van der Waals surface area (Å²) in [6, 6.07) is -0.279. The second-order valence-corrected chi connectivity index (χ2v) is 9.96. The van der Waals surface area contributed by atoms with Crippen molar-refractivity contribution in [2.24, 2.45) is 11.8 Å². The van der Waals surface area contributed by atoms with E-state index in [-0.39, 0.29) is 18.4 Å². The number of hydrogen-bond acceptors (Lipinski definition) is 9. The molecule has 0 radical (unpaired) electrons. The van der Waals surface area contributed by atoms with Crippen molar-refractivity contribution < 1.29 is 43.5 Å². The number of hydrogen-bond donors (Lipinski definition) is 4. The van der Waals surface area contributed by atoms with Crippen LogP contribution in [0.5, 0.6) is 17.2 Å². The summed E-state index contributed by atoms with van der Waals surface area (Å²) in [4.78, 5) is 39.0. The van der Waals surface area contributed by atoms with Gasteiger partial charge in [-0.15, -0.1) is 0 Å². The summed E-state index contributed by atoms with van der Waals surface area (Å²) >= 11 is 0. The Bertz CT molecular complexity index is 1010. The van der Waals surface area contributed by atoms with E-state index in [9.17, 15) is 24.6 Å². The second-order valence-electron chi connectivity index (χ2n) is 9.96. The third-order valence-electron chi connectivity index (χ3n) is 6.96. The third kappa shape index (κ3) is 6.16. The highest BCUT2D eigenvalue weighted by Crippen LogP contribution is 2.45. The van der Waals surface area contributed by atoms with Crippen molar-refractivity contribution in [3.63, 3.8) is 0 Å². The molecule has 3 rings (SSSR count). The van der Waals surface area contributed by atoms with Crippen molar-refractivity contribution >= 4 is 17.6 Å². The fourth-order valence-corrected chi connectivity index (χ4v) is 4.79. The van der Waals surface area contributed by atoms with Crippen molar-refractivity contribution in [1.82, 2.24) is 10.6 Å². The summed E-state index contributed by atoms with van der Waals surface area (Å²) in [5.41, 5.74) is 0.534. The number of Topliss-reactive ketones (excluding diaryl/α,β-unsaturated/α-hetero) is 1. The van der Waals surface area contributed by atoms with Gasteiger partial charge in [-0.3, -0.25) is 14.4 Å². The van der Waals surface area contributed by atoms with Gasteiger partial charge in [0.2, 0.25) is 17.6 Å². The van der Waals surface area contributed by atoms with Gasteiger partial charge in [-0.05, 0) is 43.2 Å². The zero-order chi connectivity index (χ0) is 27.3. The van der Waals surface area contributed by atoms with Crippen LogP contribution in [0.4, 0.5) is 0 Å². The highest BCUT2D eigenvalue weighted by molar-refractivity contribution is 5.98. The Balaban J connectivity index is 1.71. The maximum atomic E-state index is 13.2. The summed E-state index contributed by atoms with van der Waals surface area (Å²) in [5.74, 6) is -0.390. The largest absolute Gasteiger partial charge is 0.493 e. The van der Waals surface area contributed by atoms with Gasteiger partial charge in [0.1, 0.15) is 6.04 Å². The first-order valence-corrected chi connectivity index (χ1v) is 12.5. The van der Waals surface area contributed by atoms with Crippen LogP contribution in [0.25, 0.3) is 0 Å². The molecule has 11 heteroatoms. The normalized spacial score (nSPS) is 21.9. The van der Waals surface area contributed by atoms with Gasteiger partial charge in [-0.2, -0.15) is 0 Å². The van der Waals surface area contributed by atoms with Gasteiger partial charge in [0.25, 0.3) is 0 Å². The number of fused-ring (bicyclic) bond motifs is 1. The van der Waals surface area contributed by atoms with Crippen LogP contribution in [0.15, 0.2) is 6.07 Å². The number of aryl methyl sites for hydroxylation is 1. The highest BCUT2D eigenvalue weighted by atomic mass is 16.6. The molecule has 1 aromatic rings. The zero-order valence-electron chi connectivity index (χ0n) is 22.1. The lowest BCUT2D eigenvalue weighted by atomic mass is 9.82. The van der Waals surface area contributed by atoms with E-state index < -0.39 is 48.5 Å². The predicted molar refractivity (Wildman–Crippen MR) is 133 cm³/mol. The molecule has 2 unspecified atom stereocenters. The molecule has 1 fully saturated rings. The molecule has 0 aromatic heterocycles. The van der Waals surface area contributed by atoms with Gasteiger partial charge in [-0.1, -0.05) is 13.8 Å². The first kappa shape index (κ1) is 28.7. The minimum absolute atomic E-state index is 0.0683. The Morgan fingerprint density at radius 2 is 1.76 bits per heavy atom. The number of benzene rings is 1. The standard InChI is InChI=1S/C26H38N2O9/c1-14(2)8-18(23(31)26(12-30)13-37-26)27-25(33)19(11-29)28-24(32)16-7-6-15-10-20(34-3)22(36-5)21(35-4)17(15)9-16/h10,14,16,18-19,29-30H,6-9,11-13H2,1-5H3,(H,27,33)(H,28,32)/t16?,18?,19-,26+/m0/s1. The average molecular weight is 523 g/mol. The fourth-order valence-electron chi connectivity index (χ4n) is 4.79. The molecule has 11 nitrogen and oxygen atoms in total. The number of nitrogens with one attached hydrogen (secondary N) is 2. The number of rotatable bonds is 13. The van der Waals surface area contributed by atoms with E-state index in [1.54, 1.807) is 7.11 Å². The number of ketones is 1. The van der Waals surface area contributed by atoms with E-state index in [2.05, 4.69) is 10.6 Å². The Kier molecular flexibility index (Phi) is 9.38. The minimum Gasteiger partial charge on any atom is -0.493 e. The predicted octanol–water partition coefficient (Wildman–Crippen LogP) is 0.156. The Hall–Kier alpha value is -2.89. The molecule has 1 heterocycles. The second kappa shape index (κ2) is 12.1. The molecule has 1 aromatic carbocycles. The van der Waals surface area contributed by atoms with Crippen LogP contribution >= 0.6 is 0 Å². The number of carbonyl (C=O) groups is 3. The van der Waals surface area contributed by atoms with Gasteiger partial charge < -0.3 is 39.8 Å². The molecule has 0 spiro atoms. The van der Waals surface area contributed by atoms with Gasteiger partial charge in [-0.25, -0.2) is 0 Å². The number of carbonyl (C=O) groups excluding carboxylic acids is 3. The average Bonchev–Trinajstić information content (AvgIpc) is 3.70. The summed E-state index contributed by atoms with van der Waals surface area (Å²) < 4.78 is 21.6. The van der Waals surface area contributed by atoms with Crippen molar-refractivity contribution in [3.05, 3.63) is 17.2 Å². The minimum atomic E-state index is -1.29. The lowest BCUT2D eigenvalue weighted by Crippen LogP contribution is -2.56. The molecule has 206 valence electrons. The number of aliphatic hydroxyl groups excluding tert-OH is 2. The first-order chi connectivity index (χ1) is 17.6. The highest BCUT2D eigenvalue weighted by Gasteiger charge is 2.54. The number of methoxy groups -OCH3 is 3. The number of epoxide rings is 1. The van der Waals surface area contributed by atoms with Crippen LogP contribution in [0.3, 0.4) is 0 Å². The van der Waals surface area contributed by atoms with Gasteiger partial charge >= 0.3 is 0 Å². The van der Waals surface area contributed by atoms with E-state index in [0.717, 1.165) is 11.1 Å². The van der Waals surface area contributed by atoms with Gasteiger partial charge in [0.15, 0.2) is 22.9 Å². The SMILES string of the molecule is COc1cc2c(c(OC)c1OC)CC(C(=O)N[C@@H](CO)C(=O)NC(CC(C)C)C(=O)[C@@]1(CO)CO1)CC2. The maximum Gasteiger partial charge on any atom is 0.245 e. The van der Waals surface area contributed by atoms with Crippen LogP contribution < -0.4 is 24.8 Å². The first-order valence-electron chi connectivity index (χ1n) is 12.5. The molecular weight excluding hydrogens is 484 g/mol. The summed E-state index contributed by atoms with van der Waals surface area (Å²) in [7, 11) is 4.58.